The molecular weight excluding hydrogens is 286 g/mol. The van der Waals surface area contributed by atoms with Gasteiger partial charge in [0, 0.05) is 16.2 Å². The summed E-state index contributed by atoms with van der Waals surface area (Å²) in [5.41, 5.74) is 2.52. The second-order valence-corrected chi connectivity index (χ2v) is 6.07. The normalized spacial score (nSPS) is 12.4. The monoisotopic (exact) mass is 311 g/mol. The van der Waals surface area contributed by atoms with Crippen LogP contribution in [-0.4, -0.2) is 6.04 Å². The largest absolute Gasteiger partial charge is 0.383 e. The summed E-state index contributed by atoms with van der Waals surface area (Å²) in [5.74, 6) is 0. The molecule has 0 saturated heterocycles. The zero-order chi connectivity index (χ0) is 13.4. The van der Waals surface area contributed by atoms with E-state index >= 15 is 0 Å². The number of hydrogen-bond acceptors (Lipinski definition) is 1. The number of hydrogen-bond donors (Lipinski definition) is 1. The van der Waals surface area contributed by atoms with E-state index in [9.17, 15) is 0 Å². The molecule has 1 aromatic rings. The van der Waals surface area contributed by atoms with E-state index in [1.54, 1.807) is 0 Å². The van der Waals surface area contributed by atoms with Gasteiger partial charge in [0.1, 0.15) is 0 Å². The van der Waals surface area contributed by atoms with Gasteiger partial charge in [-0.1, -0.05) is 55.0 Å². The second-order valence-electron chi connectivity index (χ2n) is 5.21. The van der Waals surface area contributed by atoms with Crippen molar-refractivity contribution in [2.45, 2.75) is 65.3 Å². The minimum Gasteiger partial charge on any atom is -0.383 e. The van der Waals surface area contributed by atoms with E-state index < -0.39 is 0 Å². The third-order valence-corrected chi connectivity index (χ3v) is 4.20. The first-order valence-electron chi connectivity index (χ1n) is 7.16. The summed E-state index contributed by atoms with van der Waals surface area (Å²) in [4.78, 5) is 0. The van der Waals surface area contributed by atoms with Crippen LogP contribution in [0.4, 0.5) is 5.69 Å². The number of rotatable bonds is 8. The van der Waals surface area contributed by atoms with Gasteiger partial charge >= 0.3 is 0 Å². The quantitative estimate of drug-likeness (QED) is 0.588. The first kappa shape index (κ1) is 15.6. The predicted octanol–water partition coefficient (Wildman–Crippen LogP) is 5.92. The molecule has 0 spiro atoms. The molecule has 0 aliphatic rings. The molecule has 2 heteroatoms. The van der Waals surface area contributed by atoms with Crippen molar-refractivity contribution < 1.29 is 0 Å². The Morgan fingerprint density at radius 3 is 2.56 bits per heavy atom. The lowest BCUT2D eigenvalue weighted by Crippen LogP contribution is -2.14. The molecule has 18 heavy (non-hydrogen) atoms. The lowest BCUT2D eigenvalue weighted by Gasteiger charge is -2.16. The molecule has 0 saturated carbocycles. The summed E-state index contributed by atoms with van der Waals surface area (Å²) in [6, 6.07) is 7.03. The van der Waals surface area contributed by atoms with Crippen molar-refractivity contribution in [3.63, 3.8) is 0 Å². The summed E-state index contributed by atoms with van der Waals surface area (Å²) in [5, 5.41) is 3.58. The van der Waals surface area contributed by atoms with E-state index in [2.05, 4.69) is 60.2 Å². The van der Waals surface area contributed by atoms with Crippen LogP contribution in [-0.2, 0) is 0 Å². The number of anilines is 1. The Balaban J connectivity index is 2.26. The van der Waals surface area contributed by atoms with Crippen molar-refractivity contribution in [2.75, 3.05) is 5.32 Å². The van der Waals surface area contributed by atoms with Gasteiger partial charge in [0.05, 0.1) is 0 Å². The van der Waals surface area contributed by atoms with Crippen LogP contribution < -0.4 is 5.32 Å². The highest BCUT2D eigenvalue weighted by atomic mass is 79.9. The molecule has 1 N–H and O–H groups in total. The maximum atomic E-state index is 3.58. The lowest BCUT2D eigenvalue weighted by atomic mass is 10.1. The topological polar surface area (TPSA) is 12.0 Å². The number of nitrogens with one attached hydrogen (secondary N) is 1. The van der Waals surface area contributed by atoms with Crippen LogP contribution in [0.15, 0.2) is 22.7 Å². The van der Waals surface area contributed by atoms with E-state index in [4.69, 9.17) is 0 Å². The van der Waals surface area contributed by atoms with Gasteiger partial charge in [-0.3, -0.25) is 0 Å². The molecule has 1 unspecified atom stereocenters. The Morgan fingerprint density at radius 1 is 1.17 bits per heavy atom. The van der Waals surface area contributed by atoms with Crippen molar-refractivity contribution in [3.8, 4) is 0 Å². The minimum absolute atomic E-state index is 0.562. The maximum Gasteiger partial charge on any atom is 0.0345 e. The molecule has 1 rings (SSSR count). The van der Waals surface area contributed by atoms with Gasteiger partial charge in [0.25, 0.3) is 0 Å². The van der Waals surface area contributed by atoms with Crippen LogP contribution in [0.3, 0.4) is 0 Å². The average Bonchev–Trinajstić information content (AvgIpc) is 2.34. The molecule has 0 aromatic heterocycles. The Labute approximate surface area is 120 Å². The van der Waals surface area contributed by atoms with Crippen LogP contribution in [0.5, 0.6) is 0 Å². The van der Waals surface area contributed by atoms with Crippen molar-refractivity contribution in [2.24, 2.45) is 0 Å². The van der Waals surface area contributed by atoms with E-state index in [0.29, 0.717) is 6.04 Å². The first-order valence-corrected chi connectivity index (χ1v) is 7.95. The zero-order valence-corrected chi connectivity index (χ0v) is 13.5. The Hall–Kier alpha value is -0.500. The molecule has 0 radical (unpaired) electrons. The molecule has 0 aliphatic heterocycles. The highest BCUT2D eigenvalue weighted by Crippen LogP contribution is 2.21. The van der Waals surface area contributed by atoms with Crippen LogP contribution in [0, 0.1) is 6.92 Å². The second kappa shape index (κ2) is 8.58. The molecule has 1 aromatic carbocycles. The summed E-state index contributed by atoms with van der Waals surface area (Å²) in [6.45, 7) is 6.67. The third kappa shape index (κ3) is 5.90. The van der Waals surface area contributed by atoms with Gasteiger partial charge in [-0.25, -0.2) is 0 Å². The van der Waals surface area contributed by atoms with Gasteiger partial charge in [0.2, 0.25) is 0 Å². The van der Waals surface area contributed by atoms with Gasteiger partial charge in [-0.15, -0.1) is 0 Å². The molecule has 0 aliphatic carbocycles. The summed E-state index contributed by atoms with van der Waals surface area (Å²) in [7, 11) is 0. The Morgan fingerprint density at radius 2 is 1.89 bits per heavy atom. The fraction of sp³-hybridized carbons (Fsp3) is 0.625. The fourth-order valence-corrected chi connectivity index (χ4v) is 2.39. The third-order valence-electron chi connectivity index (χ3n) is 3.31. The highest BCUT2D eigenvalue weighted by molar-refractivity contribution is 9.10. The van der Waals surface area contributed by atoms with Crippen molar-refractivity contribution in [1.29, 1.82) is 0 Å². The van der Waals surface area contributed by atoms with Crippen LogP contribution in [0.2, 0.25) is 0 Å². The summed E-state index contributed by atoms with van der Waals surface area (Å²) in [6.07, 6.45) is 8.07. The molecule has 102 valence electrons. The first-order chi connectivity index (χ1) is 8.63. The fourth-order valence-electron chi connectivity index (χ4n) is 2.15. The Kier molecular flexibility index (Phi) is 7.41. The summed E-state index contributed by atoms with van der Waals surface area (Å²) >= 11 is 3.53. The predicted molar refractivity (Wildman–Crippen MR) is 85.3 cm³/mol. The van der Waals surface area contributed by atoms with E-state index in [0.717, 1.165) is 0 Å². The zero-order valence-electron chi connectivity index (χ0n) is 11.9. The number of halogens is 1. The average molecular weight is 312 g/mol. The van der Waals surface area contributed by atoms with Gasteiger partial charge < -0.3 is 5.32 Å². The smallest absolute Gasteiger partial charge is 0.0345 e. The van der Waals surface area contributed by atoms with E-state index in [1.165, 1.54) is 54.2 Å². The van der Waals surface area contributed by atoms with Crippen LogP contribution >= 0.6 is 15.9 Å². The Bertz CT molecular complexity index is 349. The molecule has 1 nitrogen and oxygen atoms in total. The molecule has 0 fully saturated rings. The SMILES string of the molecule is CCCCCCCC(C)Nc1ccc(Br)c(C)c1. The molecule has 0 bridgehead atoms. The highest BCUT2D eigenvalue weighted by Gasteiger charge is 2.03. The lowest BCUT2D eigenvalue weighted by molar-refractivity contribution is 0.578. The summed E-state index contributed by atoms with van der Waals surface area (Å²) < 4.78 is 1.18. The van der Waals surface area contributed by atoms with E-state index in [1.807, 2.05) is 0 Å². The standard InChI is InChI=1S/C16H26BrN/c1-4-5-6-7-8-9-14(3)18-15-10-11-16(17)13(2)12-15/h10-12,14,18H,4-9H2,1-3H3. The van der Waals surface area contributed by atoms with Crippen molar-refractivity contribution in [3.05, 3.63) is 28.2 Å². The number of aryl methyl sites for hydroxylation is 1. The van der Waals surface area contributed by atoms with Crippen LogP contribution in [0.1, 0.15) is 57.9 Å². The van der Waals surface area contributed by atoms with Crippen molar-refractivity contribution >= 4 is 21.6 Å². The van der Waals surface area contributed by atoms with Crippen molar-refractivity contribution in [1.82, 2.24) is 0 Å². The van der Waals surface area contributed by atoms with Gasteiger partial charge in [0.15, 0.2) is 0 Å². The maximum absolute atomic E-state index is 3.58. The van der Waals surface area contributed by atoms with Gasteiger partial charge in [-0.05, 0) is 44.0 Å². The van der Waals surface area contributed by atoms with Crippen LogP contribution in [0.25, 0.3) is 0 Å². The molecule has 0 heterocycles. The molecular formula is C16H26BrN. The number of benzene rings is 1. The number of unbranched alkanes of at least 4 members (excludes halogenated alkanes) is 4. The van der Waals surface area contributed by atoms with E-state index in [-0.39, 0.29) is 0 Å². The minimum atomic E-state index is 0.562. The van der Waals surface area contributed by atoms with Gasteiger partial charge in [-0.2, -0.15) is 0 Å². The molecule has 0 amide bonds. The molecule has 1 atom stereocenters.